The van der Waals surface area contributed by atoms with Crippen LogP contribution in [0.2, 0.25) is 0 Å². The van der Waals surface area contributed by atoms with Crippen LogP contribution in [0.25, 0.3) is 0 Å². The number of carbonyl (C=O) groups is 1. The Morgan fingerprint density at radius 2 is 2.17 bits per heavy atom. The van der Waals surface area contributed by atoms with E-state index in [4.69, 9.17) is 4.74 Å². The second kappa shape index (κ2) is 9.27. The van der Waals surface area contributed by atoms with Crippen LogP contribution in [0, 0.1) is 0 Å². The first-order chi connectivity index (χ1) is 11.6. The van der Waals surface area contributed by atoms with Crippen molar-refractivity contribution in [1.82, 2.24) is 10.2 Å². The Labute approximate surface area is 144 Å². The molecule has 0 spiro atoms. The number of nitrogens with zero attached hydrogens (tertiary/aromatic N) is 3. The summed E-state index contributed by atoms with van der Waals surface area (Å²) in [6.07, 6.45) is 1.90. The Hall–Kier alpha value is -2.08. The molecule has 1 aliphatic heterocycles. The van der Waals surface area contributed by atoms with Crippen LogP contribution in [0.15, 0.2) is 29.3 Å². The maximum Gasteiger partial charge on any atom is 0.243 e. The van der Waals surface area contributed by atoms with Crippen LogP contribution in [0.4, 0.5) is 5.69 Å². The summed E-state index contributed by atoms with van der Waals surface area (Å²) >= 11 is 0. The molecule has 1 heterocycles. The molecule has 2 rings (SSSR count). The monoisotopic (exact) mass is 332 g/mol. The average molecular weight is 332 g/mol. The molecule has 1 aromatic carbocycles. The lowest BCUT2D eigenvalue weighted by Crippen LogP contribution is -2.42. The third-order valence-corrected chi connectivity index (χ3v) is 3.96. The number of ether oxygens (including phenoxy) is 1. The lowest BCUT2D eigenvalue weighted by atomic mass is 10.2. The topological polar surface area (TPSA) is 57.2 Å². The fourth-order valence-electron chi connectivity index (χ4n) is 2.60. The van der Waals surface area contributed by atoms with Gasteiger partial charge >= 0.3 is 0 Å². The lowest BCUT2D eigenvalue weighted by molar-refractivity contribution is -0.127. The predicted octanol–water partition coefficient (Wildman–Crippen LogP) is 1.51. The summed E-state index contributed by atoms with van der Waals surface area (Å²) in [5.74, 6) is 0.766. The van der Waals surface area contributed by atoms with Gasteiger partial charge in [0.15, 0.2) is 5.96 Å². The van der Waals surface area contributed by atoms with Gasteiger partial charge in [-0.2, -0.15) is 0 Å². The van der Waals surface area contributed by atoms with E-state index in [0.717, 1.165) is 45.1 Å². The van der Waals surface area contributed by atoms with E-state index in [-0.39, 0.29) is 12.5 Å². The highest BCUT2D eigenvalue weighted by Crippen LogP contribution is 2.27. The molecule has 0 bridgehead atoms. The maximum absolute atomic E-state index is 11.9. The van der Waals surface area contributed by atoms with Crippen molar-refractivity contribution in [3.63, 3.8) is 0 Å². The number of fused-ring (bicyclic) bond motifs is 1. The minimum atomic E-state index is -0.00361. The Morgan fingerprint density at radius 3 is 2.92 bits per heavy atom. The number of nitrogens with one attached hydrogen (secondary N) is 1. The second-order valence-corrected chi connectivity index (χ2v) is 5.94. The van der Waals surface area contributed by atoms with Crippen molar-refractivity contribution in [2.24, 2.45) is 4.99 Å². The molecule has 1 aliphatic rings. The molecular formula is C18H28N4O2. The lowest BCUT2D eigenvalue weighted by Gasteiger charge is -2.23. The number of rotatable bonds is 7. The van der Waals surface area contributed by atoms with E-state index >= 15 is 0 Å². The number of anilines is 1. The number of hydrogen-bond donors (Lipinski definition) is 1. The van der Waals surface area contributed by atoms with Gasteiger partial charge in [0, 0.05) is 46.1 Å². The van der Waals surface area contributed by atoms with E-state index < -0.39 is 0 Å². The predicted molar refractivity (Wildman–Crippen MR) is 97.6 cm³/mol. The Kier molecular flexibility index (Phi) is 7.06. The molecule has 24 heavy (non-hydrogen) atoms. The van der Waals surface area contributed by atoms with Crippen LogP contribution in [0.3, 0.4) is 0 Å². The SMILES string of the molecule is CCOCCCNC(=NCC(=O)N(C)C)N1CCc2ccccc21. The Bertz CT molecular complexity index is 572. The summed E-state index contributed by atoms with van der Waals surface area (Å²) in [4.78, 5) is 20.1. The molecule has 1 amide bonds. The van der Waals surface area contributed by atoms with E-state index in [0.29, 0.717) is 0 Å². The van der Waals surface area contributed by atoms with Gasteiger partial charge in [0.2, 0.25) is 5.91 Å². The van der Waals surface area contributed by atoms with Crippen molar-refractivity contribution in [1.29, 1.82) is 0 Å². The van der Waals surface area contributed by atoms with Crippen LogP contribution < -0.4 is 10.2 Å². The Balaban J connectivity index is 2.05. The molecule has 0 fully saturated rings. The number of likely N-dealkylation sites (N-methyl/N-ethyl adjacent to an activating group) is 1. The summed E-state index contributed by atoms with van der Waals surface area (Å²) in [6, 6.07) is 8.35. The molecule has 1 aromatic rings. The van der Waals surface area contributed by atoms with Gasteiger partial charge < -0.3 is 19.9 Å². The highest BCUT2D eigenvalue weighted by molar-refractivity contribution is 5.99. The van der Waals surface area contributed by atoms with Crippen molar-refractivity contribution in [2.45, 2.75) is 19.8 Å². The van der Waals surface area contributed by atoms with Gasteiger partial charge in [-0.1, -0.05) is 18.2 Å². The zero-order chi connectivity index (χ0) is 17.4. The van der Waals surface area contributed by atoms with Gasteiger partial charge in [-0.25, -0.2) is 4.99 Å². The van der Waals surface area contributed by atoms with Crippen LogP contribution >= 0.6 is 0 Å². The zero-order valence-electron chi connectivity index (χ0n) is 14.9. The first-order valence-corrected chi connectivity index (χ1v) is 8.55. The molecule has 6 heteroatoms. The second-order valence-electron chi connectivity index (χ2n) is 5.94. The summed E-state index contributed by atoms with van der Waals surface area (Å²) in [7, 11) is 3.50. The molecule has 0 radical (unpaired) electrons. The van der Waals surface area contributed by atoms with Crippen molar-refractivity contribution in [3.8, 4) is 0 Å². The standard InChI is InChI=1S/C18H28N4O2/c1-4-24-13-7-11-19-18(20-14-17(23)21(2)3)22-12-10-15-8-5-6-9-16(15)22/h5-6,8-9H,4,7,10-14H2,1-3H3,(H,19,20). The van der Waals surface area contributed by atoms with Crippen molar-refractivity contribution < 1.29 is 9.53 Å². The van der Waals surface area contributed by atoms with Gasteiger partial charge in [0.25, 0.3) is 0 Å². The fourth-order valence-corrected chi connectivity index (χ4v) is 2.60. The molecule has 6 nitrogen and oxygen atoms in total. The molecule has 0 aliphatic carbocycles. The molecule has 1 N–H and O–H groups in total. The summed E-state index contributed by atoms with van der Waals surface area (Å²) in [5.41, 5.74) is 2.49. The van der Waals surface area contributed by atoms with Crippen molar-refractivity contribution >= 4 is 17.6 Å². The minimum Gasteiger partial charge on any atom is -0.382 e. The maximum atomic E-state index is 11.9. The van der Waals surface area contributed by atoms with Crippen LogP contribution in [0.5, 0.6) is 0 Å². The van der Waals surface area contributed by atoms with Crippen LogP contribution in [-0.2, 0) is 16.0 Å². The average Bonchev–Trinajstić information content (AvgIpc) is 3.01. The molecule has 0 saturated heterocycles. The van der Waals surface area contributed by atoms with Gasteiger partial charge in [-0.3, -0.25) is 4.79 Å². The third kappa shape index (κ3) is 4.96. The summed E-state index contributed by atoms with van der Waals surface area (Å²) in [6.45, 7) is 5.26. The Morgan fingerprint density at radius 1 is 1.38 bits per heavy atom. The number of benzene rings is 1. The fraction of sp³-hybridized carbons (Fsp3) is 0.556. The molecule has 0 unspecified atom stereocenters. The zero-order valence-corrected chi connectivity index (χ0v) is 14.9. The van der Waals surface area contributed by atoms with Gasteiger partial charge in [-0.15, -0.1) is 0 Å². The van der Waals surface area contributed by atoms with Crippen molar-refractivity contribution in [2.75, 3.05) is 51.8 Å². The number of carbonyl (C=O) groups excluding carboxylic acids is 1. The highest BCUT2D eigenvalue weighted by atomic mass is 16.5. The molecule has 132 valence electrons. The normalized spacial score (nSPS) is 13.8. The largest absolute Gasteiger partial charge is 0.382 e. The molecule has 0 aromatic heterocycles. The summed E-state index contributed by atoms with van der Waals surface area (Å²) in [5, 5.41) is 3.38. The van der Waals surface area contributed by atoms with Crippen molar-refractivity contribution in [3.05, 3.63) is 29.8 Å². The quantitative estimate of drug-likeness (QED) is 0.467. The molecule has 0 saturated carbocycles. The number of guanidine groups is 1. The van der Waals surface area contributed by atoms with E-state index in [9.17, 15) is 4.79 Å². The number of amides is 1. The molecular weight excluding hydrogens is 304 g/mol. The van der Waals surface area contributed by atoms with Gasteiger partial charge in [-0.05, 0) is 31.4 Å². The minimum absolute atomic E-state index is 0.00361. The smallest absolute Gasteiger partial charge is 0.243 e. The number of aliphatic imine (C=N–C) groups is 1. The van der Waals surface area contributed by atoms with E-state index in [1.165, 1.54) is 11.3 Å². The summed E-state index contributed by atoms with van der Waals surface area (Å²) < 4.78 is 5.37. The molecule has 0 atom stereocenters. The first kappa shape index (κ1) is 18.3. The number of hydrogen-bond acceptors (Lipinski definition) is 3. The van der Waals surface area contributed by atoms with E-state index in [1.807, 2.05) is 13.0 Å². The van der Waals surface area contributed by atoms with Crippen LogP contribution in [0.1, 0.15) is 18.9 Å². The number of para-hydroxylation sites is 1. The third-order valence-electron chi connectivity index (χ3n) is 3.96. The van der Waals surface area contributed by atoms with Gasteiger partial charge in [0.05, 0.1) is 0 Å². The van der Waals surface area contributed by atoms with E-state index in [2.05, 4.69) is 33.4 Å². The van der Waals surface area contributed by atoms with Crippen LogP contribution in [-0.4, -0.2) is 63.7 Å². The first-order valence-electron chi connectivity index (χ1n) is 8.55. The van der Waals surface area contributed by atoms with E-state index in [1.54, 1.807) is 19.0 Å². The van der Waals surface area contributed by atoms with Gasteiger partial charge in [0.1, 0.15) is 6.54 Å². The highest BCUT2D eigenvalue weighted by Gasteiger charge is 2.22.